The summed E-state index contributed by atoms with van der Waals surface area (Å²) in [4.78, 5) is 71.5. The van der Waals surface area contributed by atoms with E-state index < -0.39 is 52.8 Å². The van der Waals surface area contributed by atoms with Crippen molar-refractivity contribution >= 4 is 57.5 Å². The predicted molar refractivity (Wildman–Crippen MR) is 240 cm³/mol. The molecule has 338 valence electrons. The van der Waals surface area contributed by atoms with E-state index in [9.17, 15) is 19.2 Å². The number of ether oxygens (including phenoxy) is 5. The van der Waals surface area contributed by atoms with Crippen molar-refractivity contribution in [3.05, 3.63) is 106 Å². The number of esters is 2. The predicted octanol–water partition coefficient (Wildman–Crippen LogP) is 7.32. The van der Waals surface area contributed by atoms with Gasteiger partial charge >= 0.3 is 18.0 Å². The summed E-state index contributed by atoms with van der Waals surface area (Å²) in [6, 6.07) is 20.2. The molecule has 0 saturated carbocycles. The Morgan fingerprint density at radius 3 is 2.03 bits per heavy atom. The Morgan fingerprint density at radius 1 is 0.797 bits per heavy atom. The van der Waals surface area contributed by atoms with Crippen LogP contribution in [0.2, 0.25) is 0 Å². The molecule has 0 aliphatic carbocycles. The average Bonchev–Trinajstić information content (AvgIpc) is 3.91. The number of thiazole rings is 2. The van der Waals surface area contributed by atoms with Gasteiger partial charge in [-0.25, -0.2) is 29.3 Å². The van der Waals surface area contributed by atoms with Crippen LogP contribution in [0.5, 0.6) is 11.5 Å². The molecule has 3 N–H and O–H groups in total. The highest BCUT2D eigenvalue weighted by Crippen LogP contribution is 2.33. The monoisotopic (exact) mass is 913 g/mol. The highest BCUT2D eigenvalue weighted by atomic mass is 32.1. The Balaban J connectivity index is 1.10. The second-order valence-corrected chi connectivity index (χ2v) is 18.7. The Labute approximate surface area is 378 Å². The van der Waals surface area contributed by atoms with Gasteiger partial charge in [0, 0.05) is 23.4 Å². The third kappa shape index (κ3) is 13.5. The first-order valence-electron chi connectivity index (χ1n) is 20.3. The number of amides is 2. The van der Waals surface area contributed by atoms with Gasteiger partial charge in [0.25, 0.3) is 5.91 Å². The molecule has 3 aromatic heterocycles. The summed E-state index contributed by atoms with van der Waals surface area (Å²) < 4.78 is 28.7. The number of rotatable bonds is 17. The molecule has 2 atom stereocenters. The molecule has 2 amide bonds. The van der Waals surface area contributed by atoms with E-state index >= 15 is 0 Å². The van der Waals surface area contributed by atoms with Gasteiger partial charge in [-0.05, 0) is 66.5 Å². The molecule has 1 saturated heterocycles. The zero-order valence-corrected chi connectivity index (χ0v) is 38.4. The Kier molecular flexibility index (Phi) is 15.0. The molecule has 1 aliphatic heterocycles. The summed E-state index contributed by atoms with van der Waals surface area (Å²) in [6.45, 7) is 14.1. The number of oxime groups is 1. The summed E-state index contributed by atoms with van der Waals surface area (Å²) >= 11 is 2.25. The van der Waals surface area contributed by atoms with Crippen molar-refractivity contribution in [1.82, 2.24) is 25.6 Å². The molecule has 0 spiro atoms. The van der Waals surface area contributed by atoms with E-state index in [4.69, 9.17) is 28.5 Å². The van der Waals surface area contributed by atoms with Gasteiger partial charge in [0.1, 0.15) is 47.4 Å². The molecule has 1 fully saturated rings. The maximum Gasteiger partial charge on any atom is 0.413 e. The van der Waals surface area contributed by atoms with Gasteiger partial charge in [-0.1, -0.05) is 65.8 Å². The van der Waals surface area contributed by atoms with Crippen molar-refractivity contribution in [3.8, 4) is 22.2 Å². The molecule has 1 aliphatic rings. The Hall–Kier alpha value is -6.44. The lowest BCUT2D eigenvalue weighted by molar-refractivity contribution is -0.179. The van der Waals surface area contributed by atoms with Gasteiger partial charge in [-0.2, -0.15) is 0 Å². The molecule has 2 aromatic carbocycles. The Morgan fingerprint density at radius 2 is 1.42 bits per heavy atom. The normalized spacial score (nSPS) is 15.3. The van der Waals surface area contributed by atoms with Crippen molar-refractivity contribution in [1.29, 1.82) is 0 Å². The zero-order chi connectivity index (χ0) is 46.1. The number of hydrogen-bond donors (Lipinski definition) is 3. The number of aromatic nitrogens is 3. The number of nitrogens with zero attached hydrogens (tertiary/aromatic N) is 4. The number of anilines is 1. The third-order valence-corrected chi connectivity index (χ3v) is 10.5. The first kappa shape index (κ1) is 47.0. The van der Waals surface area contributed by atoms with Gasteiger partial charge in [0.05, 0.1) is 18.3 Å². The molecule has 0 radical (unpaired) electrons. The smallest absolute Gasteiger partial charge is 0.413 e. The summed E-state index contributed by atoms with van der Waals surface area (Å²) in [7, 11) is 0. The lowest BCUT2D eigenvalue weighted by atomic mass is 10.0. The summed E-state index contributed by atoms with van der Waals surface area (Å²) in [5, 5.41) is 16.3. The van der Waals surface area contributed by atoms with E-state index in [0.717, 1.165) is 22.5 Å². The van der Waals surface area contributed by atoms with Crippen LogP contribution in [0.15, 0.2) is 88.8 Å². The van der Waals surface area contributed by atoms with Gasteiger partial charge < -0.3 is 39.2 Å². The van der Waals surface area contributed by atoms with Crippen molar-refractivity contribution in [3.63, 3.8) is 0 Å². The van der Waals surface area contributed by atoms with Gasteiger partial charge in [-0.15, -0.1) is 22.7 Å². The largest absolute Gasteiger partial charge is 0.485 e. The number of pyridine rings is 1. The van der Waals surface area contributed by atoms with Gasteiger partial charge in [0.2, 0.25) is 5.60 Å². The van der Waals surface area contributed by atoms with E-state index in [1.165, 1.54) is 30.6 Å². The van der Waals surface area contributed by atoms with Crippen molar-refractivity contribution in [2.24, 2.45) is 5.16 Å². The van der Waals surface area contributed by atoms with E-state index in [1.54, 1.807) is 59.2 Å². The molecular formula is C45H51N7O10S2. The fourth-order valence-electron chi connectivity index (χ4n) is 5.56. The first-order valence-corrected chi connectivity index (χ1v) is 22.0. The zero-order valence-electron chi connectivity index (χ0n) is 36.8. The molecule has 6 rings (SSSR count). The molecular weight excluding hydrogens is 863 g/mol. The second-order valence-electron chi connectivity index (χ2n) is 17.0. The summed E-state index contributed by atoms with van der Waals surface area (Å²) in [5.74, 6) is -1.15. The van der Waals surface area contributed by atoms with Crippen LogP contribution in [0.25, 0.3) is 10.7 Å². The standard InChI is InChI=1S/C45H51N7O10S2/c1-43(2,3)60-40(55)45(7,8)62-52-36(32-25-64-41(50-32)51-42(56)61-44(4,5)6)37(53)48-30-20-46-31(30)24-59-39(54)33-26-63-38(49-33)29-19-34(57-22-27-15-11-9-12-16-27)35(21-47-29)58-23-28-17-13-10-14-18-28/h9-19,21,25-26,30-31,46H,20,22-24H2,1-8H3,(H,48,53)(H,50,51,56). The van der Waals surface area contributed by atoms with Crippen LogP contribution in [0, 0.1) is 0 Å². The number of carbonyl (C=O) groups excluding carboxylic acids is 4. The molecule has 4 heterocycles. The number of benzene rings is 2. The number of hydrogen-bond acceptors (Lipinski definition) is 17. The van der Waals surface area contributed by atoms with Crippen LogP contribution in [0.1, 0.15) is 82.7 Å². The van der Waals surface area contributed by atoms with Crippen molar-refractivity contribution < 1.29 is 47.7 Å². The molecule has 64 heavy (non-hydrogen) atoms. The minimum absolute atomic E-state index is 0.0573. The second kappa shape index (κ2) is 20.4. The van der Waals surface area contributed by atoms with Crippen LogP contribution in [-0.2, 0) is 41.9 Å². The quantitative estimate of drug-likeness (QED) is 0.0361. The van der Waals surface area contributed by atoms with Crippen LogP contribution < -0.4 is 25.4 Å². The van der Waals surface area contributed by atoms with E-state index in [1.807, 2.05) is 60.7 Å². The van der Waals surface area contributed by atoms with Crippen LogP contribution in [0.3, 0.4) is 0 Å². The molecule has 2 unspecified atom stereocenters. The average molecular weight is 914 g/mol. The maximum atomic E-state index is 13.8. The third-order valence-electron chi connectivity index (χ3n) is 8.86. The lowest BCUT2D eigenvalue weighted by Gasteiger charge is -2.37. The minimum Gasteiger partial charge on any atom is -0.485 e. The SMILES string of the molecule is CC(C)(C)OC(=O)Nc1nc(C(=NOC(C)(C)C(=O)OC(C)(C)C)C(=O)NC2CNC2COC(=O)c2csc(-c3cc(OCc4ccccc4)c(OCc4ccccc4)cn3)n2)cs1. The van der Waals surface area contributed by atoms with Crippen LogP contribution in [-0.4, -0.2) is 86.6 Å². The molecule has 0 bridgehead atoms. The molecule has 5 aromatic rings. The Bertz CT molecular complexity index is 2440. The van der Waals surface area contributed by atoms with Crippen molar-refractivity contribution in [2.75, 3.05) is 18.5 Å². The summed E-state index contributed by atoms with van der Waals surface area (Å²) in [5.41, 5.74) is -0.854. The highest BCUT2D eigenvalue weighted by Gasteiger charge is 2.38. The molecule has 19 heteroatoms. The number of carbonyl (C=O) groups is 4. The fraction of sp³-hybridized carbons (Fsp3) is 0.378. The lowest BCUT2D eigenvalue weighted by Crippen LogP contribution is -2.67. The summed E-state index contributed by atoms with van der Waals surface area (Å²) in [6.07, 6.45) is 0.840. The maximum absolute atomic E-state index is 13.8. The first-order chi connectivity index (χ1) is 30.3. The highest BCUT2D eigenvalue weighted by molar-refractivity contribution is 7.14. The van der Waals surface area contributed by atoms with E-state index in [2.05, 4.69) is 36.1 Å². The van der Waals surface area contributed by atoms with Crippen molar-refractivity contribution in [2.45, 2.75) is 97.5 Å². The van der Waals surface area contributed by atoms with E-state index in [-0.39, 0.29) is 28.8 Å². The number of nitrogens with one attached hydrogen (secondary N) is 3. The van der Waals surface area contributed by atoms with Crippen LogP contribution in [0.4, 0.5) is 9.93 Å². The minimum atomic E-state index is -1.59. The van der Waals surface area contributed by atoms with Crippen LogP contribution >= 0.6 is 22.7 Å². The van der Waals surface area contributed by atoms with Gasteiger partial charge in [-0.3, -0.25) is 10.1 Å². The fourth-order valence-corrected chi connectivity index (χ4v) is 6.99. The van der Waals surface area contributed by atoms with E-state index in [0.29, 0.717) is 42.0 Å². The molecule has 17 nitrogen and oxygen atoms in total. The topological polar surface area (TPSA) is 211 Å². The van der Waals surface area contributed by atoms with Gasteiger partial charge in [0.15, 0.2) is 28.0 Å².